The summed E-state index contributed by atoms with van der Waals surface area (Å²) in [6, 6.07) is 22.4. The van der Waals surface area contributed by atoms with E-state index in [1.165, 1.54) is 11.8 Å². The molecule has 5 rings (SSSR count). The quantitative estimate of drug-likeness (QED) is 0.190. The lowest BCUT2D eigenvalue weighted by atomic mass is 10.2. The minimum absolute atomic E-state index is 0.0947. The summed E-state index contributed by atoms with van der Waals surface area (Å²) in [5.41, 5.74) is 3.12. The summed E-state index contributed by atoms with van der Waals surface area (Å²) < 4.78 is 13.1. The molecule has 0 aliphatic carbocycles. The number of para-hydroxylation sites is 2. The number of hydrogen-bond donors (Lipinski definition) is 0. The number of rotatable bonds is 7. The van der Waals surface area contributed by atoms with Gasteiger partial charge in [-0.25, -0.2) is 9.97 Å². The van der Waals surface area contributed by atoms with E-state index in [2.05, 4.69) is 4.98 Å². The largest absolute Gasteiger partial charge is 0.496 e. The van der Waals surface area contributed by atoms with Crippen molar-refractivity contribution in [2.75, 3.05) is 7.11 Å². The molecule has 0 atom stereocenters. The lowest BCUT2D eigenvalue weighted by Gasteiger charge is -2.15. The third kappa shape index (κ3) is 4.83. The summed E-state index contributed by atoms with van der Waals surface area (Å²) in [6.07, 6.45) is 0. The Bertz CT molecular complexity index is 1560. The van der Waals surface area contributed by atoms with Crippen LogP contribution in [-0.2, 0) is 12.3 Å². The number of aryl methyl sites for hydroxylation is 1. The molecule has 35 heavy (non-hydrogen) atoms. The van der Waals surface area contributed by atoms with Crippen molar-refractivity contribution in [1.82, 2.24) is 14.5 Å². The Kier molecular flexibility index (Phi) is 6.61. The Labute approximate surface area is 211 Å². The van der Waals surface area contributed by atoms with Crippen LogP contribution in [0.2, 0.25) is 5.02 Å². The highest BCUT2D eigenvalue weighted by Crippen LogP contribution is 2.29. The lowest BCUT2D eigenvalue weighted by molar-refractivity contribution is 0.407. The fourth-order valence-corrected chi connectivity index (χ4v) is 4.94. The Morgan fingerprint density at radius 2 is 1.74 bits per heavy atom. The van der Waals surface area contributed by atoms with Crippen LogP contribution in [0.15, 0.2) is 87.2 Å². The second-order valence-electron chi connectivity index (χ2n) is 7.93. The molecule has 0 saturated carbocycles. The van der Waals surface area contributed by atoms with E-state index in [1.807, 2.05) is 61.5 Å². The Hall–Kier alpha value is -3.55. The zero-order chi connectivity index (χ0) is 24.4. The second kappa shape index (κ2) is 9.98. The molecule has 0 fully saturated rings. The zero-order valence-electron chi connectivity index (χ0n) is 19.2. The van der Waals surface area contributed by atoms with Gasteiger partial charge < -0.3 is 9.15 Å². The topological polar surface area (TPSA) is 70.2 Å². The highest BCUT2D eigenvalue weighted by Gasteiger charge is 2.17. The number of fused-ring (bicyclic) bond motifs is 1. The summed E-state index contributed by atoms with van der Waals surface area (Å²) >= 11 is 7.46. The molecule has 176 valence electrons. The maximum atomic E-state index is 13.5. The fourth-order valence-electron chi connectivity index (χ4n) is 3.81. The van der Waals surface area contributed by atoms with Gasteiger partial charge in [0, 0.05) is 21.9 Å². The van der Waals surface area contributed by atoms with Crippen molar-refractivity contribution in [3.05, 3.63) is 105 Å². The second-order valence-corrected chi connectivity index (χ2v) is 9.31. The standard InChI is InChI=1S/C27H22ClN3O3S/c1-17-23(29-25(34-17)18-11-13-20(28)14-12-18)16-35-27-30-22-9-5-4-8-21(22)26(32)31(27)15-19-7-3-6-10-24(19)33-2/h3-14H,15-16H2,1-2H3. The van der Waals surface area contributed by atoms with Crippen LogP contribution >= 0.6 is 23.4 Å². The third-order valence-corrected chi connectivity index (χ3v) is 6.91. The van der Waals surface area contributed by atoms with Crippen LogP contribution in [-0.4, -0.2) is 21.6 Å². The average molecular weight is 504 g/mol. The lowest BCUT2D eigenvalue weighted by Crippen LogP contribution is -2.24. The van der Waals surface area contributed by atoms with Crippen molar-refractivity contribution < 1.29 is 9.15 Å². The number of ether oxygens (including phenoxy) is 1. The van der Waals surface area contributed by atoms with Gasteiger partial charge in [-0.1, -0.05) is 53.7 Å². The monoisotopic (exact) mass is 503 g/mol. The first-order valence-electron chi connectivity index (χ1n) is 11.0. The predicted octanol–water partition coefficient (Wildman–Crippen LogP) is 6.36. The van der Waals surface area contributed by atoms with Crippen LogP contribution in [0.5, 0.6) is 5.75 Å². The van der Waals surface area contributed by atoms with Crippen LogP contribution in [0.25, 0.3) is 22.4 Å². The molecule has 3 aromatic carbocycles. The summed E-state index contributed by atoms with van der Waals surface area (Å²) in [5, 5.41) is 1.84. The number of halogens is 1. The molecule has 0 amide bonds. The van der Waals surface area contributed by atoms with Gasteiger partial charge in [-0.15, -0.1) is 0 Å². The molecule has 0 bridgehead atoms. The molecule has 2 heterocycles. The molecule has 0 aliphatic heterocycles. The molecule has 0 radical (unpaired) electrons. The van der Waals surface area contributed by atoms with Crippen LogP contribution in [0, 0.1) is 6.92 Å². The summed E-state index contributed by atoms with van der Waals surface area (Å²) in [4.78, 5) is 23.0. The van der Waals surface area contributed by atoms with Crippen molar-refractivity contribution in [3.8, 4) is 17.2 Å². The molecule has 0 spiro atoms. The summed E-state index contributed by atoms with van der Waals surface area (Å²) in [6.45, 7) is 2.23. The minimum atomic E-state index is -0.0947. The SMILES string of the molecule is COc1ccccc1Cn1c(SCc2nc(-c3ccc(Cl)cc3)oc2C)nc2ccccc2c1=O. The van der Waals surface area contributed by atoms with Crippen molar-refractivity contribution in [1.29, 1.82) is 0 Å². The van der Waals surface area contributed by atoms with Gasteiger partial charge in [-0.3, -0.25) is 9.36 Å². The molecule has 5 aromatic rings. The Morgan fingerprint density at radius 1 is 1.00 bits per heavy atom. The molecule has 8 heteroatoms. The third-order valence-electron chi connectivity index (χ3n) is 5.67. The number of hydrogen-bond acceptors (Lipinski definition) is 6. The van der Waals surface area contributed by atoms with E-state index in [9.17, 15) is 4.79 Å². The van der Waals surface area contributed by atoms with Gasteiger partial charge in [-0.2, -0.15) is 0 Å². The van der Waals surface area contributed by atoms with Crippen molar-refractivity contribution in [2.24, 2.45) is 0 Å². The van der Waals surface area contributed by atoms with Crippen LogP contribution < -0.4 is 10.3 Å². The van der Waals surface area contributed by atoms with E-state index in [4.69, 9.17) is 25.7 Å². The van der Waals surface area contributed by atoms with E-state index in [-0.39, 0.29) is 5.56 Å². The molecular formula is C27H22ClN3O3S. The van der Waals surface area contributed by atoms with Gasteiger partial charge in [0.05, 0.1) is 30.3 Å². The van der Waals surface area contributed by atoms with Gasteiger partial charge in [0.15, 0.2) is 5.16 Å². The molecule has 0 aliphatic rings. The maximum Gasteiger partial charge on any atom is 0.262 e. The number of thioether (sulfide) groups is 1. The predicted molar refractivity (Wildman–Crippen MR) is 139 cm³/mol. The Morgan fingerprint density at radius 3 is 2.54 bits per heavy atom. The van der Waals surface area contributed by atoms with Gasteiger partial charge in [0.1, 0.15) is 11.5 Å². The van der Waals surface area contributed by atoms with E-state index in [1.54, 1.807) is 29.9 Å². The van der Waals surface area contributed by atoms with Gasteiger partial charge >= 0.3 is 0 Å². The number of benzene rings is 3. The van der Waals surface area contributed by atoms with Gasteiger partial charge in [0.25, 0.3) is 5.56 Å². The molecule has 0 saturated heterocycles. The first-order valence-corrected chi connectivity index (χ1v) is 12.4. The van der Waals surface area contributed by atoms with E-state index >= 15 is 0 Å². The van der Waals surface area contributed by atoms with Crippen LogP contribution in [0.1, 0.15) is 17.0 Å². The molecule has 0 unspecified atom stereocenters. The fraction of sp³-hybridized carbons (Fsp3) is 0.148. The van der Waals surface area contributed by atoms with Crippen LogP contribution in [0.4, 0.5) is 0 Å². The van der Waals surface area contributed by atoms with Crippen molar-refractivity contribution in [2.45, 2.75) is 24.4 Å². The molecule has 6 nitrogen and oxygen atoms in total. The number of nitrogens with zero attached hydrogens (tertiary/aromatic N) is 3. The molecule has 2 aromatic heterocycles. The normalized spacial score (nSPS) is 11.2. The first kappa shape index (κ1) is 23.2. The van der Waals surface area contributed by atoms with E-state index in [0.717, 1.165) is 28.3 Å². The van der Waals surface area contributed by atoms with Crippen molar-refractivity contribution >= 4 is 34.3 Å². The summed E-state index contributed by atoms with van der Waals surface area (Å²) in [5.74, 6) is 2.48. The number of oxazole rings is 1. The Balaban J connectivity index is 1.50. The highest BCUT2D eigenvalue weighted by atomic mass is 35.5. The smallest absolute Gasteiger partial charge is 0.262 e. The van der Waals surface area contributed by atoms with Crippen molar-refractivity contribution in [3.63, 3.8) is 0 Å². The van der Waals surface area contributed by atoms with E-state index in [0.29, 0.717) is 39.3 Å². The number of methoxy groups -OCH3 is 1. The average Bonchev–Trinajstić information content (AvgIpc) is 3.25. The molecular weight excluding hydrogens is 482 g/mol. The van der Waals surface area contributed by atoms with E-state index < -0.39 is 0 Å². The number of aromatic nitrogens is 3. The van der Waals surface area contributed by atoms with Gasteiger partial charge in [0.2, 0.25) is 5.89 Å². The minimum Gasteiger partial charge on any atom is -0.496 e. The first-order chi connectivity index (χ1) is 17.0. The summed E-state index contributed by atoms with van der Waals surface area (Å²) in [7, 11) is 1.63. The zero-order valence-corrected chi connectivity index (χ0v) is 20.8. The van der Waals surface area contributed by atoms with Crippen LogP contribution in [0.3, 0.4) is 0 Å². The van der Waals surface area contributed by atoms with Gasteiger partial charge in [-0.05, 0) is 49.4 Å². The highest BCUT2D eigenvalue weighted by molar-refractivity contribution is 7.98. The maximum absolute atomic E-state index is 13.5. The molecule has 0 N–H and O–H groups in total.